The molecule has 0 unspecified atom stereocenters. The summed E-state index contributed by atoms with van der Waals surface area (Å²) in [6, 6.07) is 34.1. The molecular formula is C36H38N2O7. The Bertz CT molecular complexity index is 1520. The van der Waals surface area contributed by atoms with Gasteiger partial charge in [-0.3, -0.25) is 9.59 Å². The van der Waals surface area contributed by atoms with Gasteiger partial charge in [-0.25, -0.2) is 0 Å². The molecule has 2 amide bonds. The van der Waals surface area contributed by atoms with Crippen LogP contribution in [0.4, 0.5) is 0 Å². The fourth-order valence-corrected chi connectivity index (χ4v) is 5.41. The van der Waals surface area contributed by atoms with E-state index in [-0.39, 0.29) is 19.8 Å². The molecule has 0 saturated heterocycles. The average molecular weight is 611 g/mol. The smallest absolute Gasteiger partial charge is 0.252 e. The molecule has 234 valence electrons. The first-order chi connectivity index (χ1) is 21.9. The van der Waals surface area contributed by atoms with Gasteiger partial charge in [0.1, 0.15) is 12.2 Å². The summed E-state index contributed by atoms with van der Waals surface area (Å²) in [5, 5.41) is 39.3. The molecule has 5 N–H and O–H groups in total. The molecule has 4 aromatic carbocycles. The van der Waals surface area contributed by atoms with E-state index in [1.165, 1.54) is 0 Å². The summed E-state index contributed by atoms with van der Waals surface area (Å²) < 4.78 is 11.8. The Morgan fingerprint density at radius 2 is 1.13 bits per heavy atom. The van der Waals surface area contributed by atoms with Crippen LogP contribution >= 0.6 is 0 Å². The highest BCUT2D eigenvalue weighted by atomic mass is 16.5. The van der Waals surface area contributed by atoms with Crippen LogP contribution in [0.3, 0.4) is 0 Å². The highest BCUT2D eigenvalue weighted by molar-refractivity contribution is 5.84. The lowest BCUT2D eigenvalue weighted by molar-refractivity contribution is -0.171. The van der Waals surface area contributed by atoms with Crippen molar-refractivity contribution in [3.05, 3.63) is 143 Å². The molecule has 0 fully saturated rings. The molecular weight excluding hydrogens is 572 g/mol. The average Bonchev–Trinajstić information content (AvgIpc) is 3.39. The van der Waals surface area contributed by atoms with E-state index in [0.717, 1.165) is 27.8 Å². The number of rotatable bonds is 14. The Hall–Kier alpha value is -4.38. The molecule has 0 saturated carbocycles. The second kappa shape index (κ2) is 15.6. The lowest BCUT2D eigenvalue weighted by atomic mass is 10.00. The first-order valence-corrected chi connectivity index (χ1v) is 15.0. The standard InChI is InChI=1S/C36H38N2O7/c39-29-20-27-18-10-11-19-28(27)30(29)38-36(43)34(45-23-26-16-8-3-9-17-26)32(41)31(40)33(44-22-25-14-6-2-7-15-25)35(42)37-21-24-12-4-1-5-13-24/h1-19,29-34,39-41H,20-23H2,(H,37,42)(H,38,43)/t29-,30+,31+,32+,33+,34+/m0/s1. The number of carbonyl (C=O) groups excluding carboxylic acids is 2. The molecule has 1 aliphatic rings. The largest absolute Gasteiger partial charge is 0.390 e. The zero-order valence-electron chi connectivity index (χ0n) is 24.7. The molecule has 6 atom stereocenters. The maximum Gasteiger partial charge on any atom is 0.252 e. The second-order valence-corrected chi connectivity index (χ2v) is 11.1. The predicted octanol–water partition coefficient (Wildman–Crippen LogP) is 2.97. The highest BCUT2D eigenvalue weighted by Crippen LogP contribution is 2.31. The molecule has 0 aromatic heterocycles. The van der Waals surface area contributed by atoms with E-state index in [1.807, 2.05) is 103 Å². The Morgan fingerprint density at radius 1 is 0.667 bits per heavy atom. The van der Waals surface area contributed by atoms with Crippen LogP contribution in [0, 0.1) is 0 Å². The minimum Gasteiger partial charge on any atom is -0.390 e. The minimum atomic E-state index is -1.87. The van der Waals surface area contributed by atoms with Gasteiger partial charge >= 0.3 is 0 Å². The number of nitrogens with one attached hydrogen (secondary N) is 2. The number of benzene rings is 4. The summed E-state index contributed by atoms with van der Waals surface area (Å²) >= 11 is 0. The van der Waals surface area contributed by atoms with Crippen molar-refractivity contribution in [3.8, 4) is 0 Å². The van der Waals surface area contributed by atoms with Crippen molar-refractivity contribution in [2.45, 2.75) is 62.7 Å². The Labute approximate surface area is 262 Å². The van der Waals surface area contributed by atoms with Crippen molar-refractivity contribution in [2.24, 2.45) is 0 Å². The number of aliphatic hydroxyl groups is 3. The Kier molecular flexibility index (Phi) is 11.1. The highest BCUT2D eigenvalue weighted by Gasteiger charge is 2.42. The molecule has 45 heavy (non-hydrogen) atoms. The predicted molar refractivity (Wildman–Crippen MR) is 167 cm³/mol. The number of amides is 2. The molecule has 9 nitrogen and oxygen atoms in total. The van der Waals surface area contributed by atoms with Crippen molar-refractivity contribution in [3.63, 3.8) is 0 Å². The number of hydrogen-bond acceptors (Lipinski definition) is 7. The van der Waals surface area contributed by atoms with Gasteiger partial charge in [-0.1, -0.05) is 115 Å². The fraction of sp³-hybridized carbons (Fsp3) is 0.278. The Balaban J connectivity index is 1.36. The lowest BCUT2D eigenvalue weighted by Crippen LogP contribution is -2.56. The minimum absolute atomic E-state index is 0.0270. The molecule has 9 heteroatoms. The zero-order valence-corrected chi connectivity index (χ0v) is 24.7. The lowest BCUT2D eigenvalue weighted by Gasteiger charge is -2.31. The molecule has 0 radical (unpaired) electrons. The normalized spacial score (nSPS) is 18.3. The van der Waals surface area contributed by atoms with E-state index in [9.17, 15) is 24.9 Å². The molecule has 4 aromatic rings. The maximum atomic E-state index is 13.7. The van der Waals surface area contributed by atoms with E-state index in [4.69, 9.17) is 9.47 Å². The summed E-state index contributed by atoms with van der Waals surface area (Å²) in [5.41, 5.74) is 3.99. The Morgan fingerprint density at radius 3 is 1.69 bits per heavy atom. The van der Waals surface area contributed by atoms with Gasteiger partial charge in [0.2, 0.25) is 0 Å². The first kappa shape index (κ1) is 32.0. The van der Waals surface area contributed by atoms with E-state index >= 15 is 0 Å². The summed E-state index contributed by atoms with van der Waals surface area (Å²) in [6.45, 7) is 0.0875. The topological polar surface area (TPSA) is 137 Å². The van der Waals surface area contributed by atoms with Crippen molar-refractivity contribution < 1.29 is 34.4 Å². The summed E-state index contributed by atoms with van der Waals surface area (Å²) in [5.74, 6) is -1.41. The van der Waals surface area contributed by atoms with Crippen molar-refractivity contribution >= 4 is 11.8 Å². The van der Waals surface area contributed by atoms with Gasteiger partial charge in [0.05, 0.1) is 25.4 Å². The van der Waals surface area contributed by atoms with Crippen LogP contribution in [-0.2, 0) is 45.2 Å². The molecule has 1 aliphatic carbocycles. The van der Waals surface area contributed by atoms with Crippen molar-refractivity contribution in [2.75, 3.05) is 0 Å². The molecule has 0 heterocycles. The van der Waals surface area contributed by atoms with Crippen LogP contribution in [-0.4, -0.2) is 57.7 Å². The van der Waals surface area contributed by atoms with Crippen LogP contribution in [0.1, 0.15) is 33.9 Å². The van der Waals surface area contributed by atoms with Gasteiger partial charge in [-0.05, 0) is 27.8 Å². The number of hydrogen-bond donors (Lipinski definition) is 5. The number of aliphatic hydroxyl groups excluding tert-OH is 3. The van der Waals surface area contributed by atoms with Gasteiger partial charge < -0.3 is 35.4 Å². The molecule has 5 rings (SSSR count). The maximum absolute atomic E-state index is 13.7. The van der Waals surface area contributed by atoms with E-state index in [2.05, 4.69) is 10.6 Å². The third-order valence-electron chi connectivity index (χ3n) is 7.84. The molecule has 0 spiro atoms. The quantitative estimate of drug-likeness (QED) is 0.148. The van der Waals surface area contributed by atoms with Crippen molar-refractivity contribution in [1.29, 1.82) is 0 Å². The van der Waals surface area contributed by atoms with Crippen LogP contribution in [0.5, 0.6) is 0 Å². The SMILES string of the molecule is O=C(NCc1ccccc1)[C@H](OCc1ccccc1)[C@H](O)[C@@H](O)[C@@H](OCc1ccccc1)C(=O)N[C@@H]1c2ccccc2C[C@@H]1O. The zero-order chi connectivity index (χ0) is 31.6. The molecule has 0 bridgehead atoms. The van der Waals surface area contributed by atoms with E-state index < -0.39 is 48.4 Å². The summed E-state index contributed by atoms with van der Waals surface area (Å²) in [7, 11) is 0. The number of ether oxygens (including phenoxy) is 2. The number of fused-ring (bicyclic) bond motifs is 1. The first-order valence-electron chi connectivity index (χ1n) is 15.0. The fourth-order valence-electron chi connectivity index (χ4n) is 5.41. The van der Waals surface area contributed by atoms with E-state index in [0.29, 0.717) is 6.42 Å². The van der Waals surface area contributed by atoms with Crippen LogP contribution < -0.4 is 10.6 Å². The summed E-state index contributed by atoms with van der Waals surface area (Å²) in [6.07, 6.45) is -7.39. The van der Waals surface area contributed by atoms with Crippen LogP contribution in [0.2, 0.25) is 0 Å². The van der Waals surface area contributed by atoms with Crippen molar-refractivity contribution in [1.82, 2.24) is 10.6 Å². The van der Waals surface area contributed by atoms with E-state index in [1.54, 1.807) is 12.1 Å². The van der Waals surface area contributed by atoms with Gasteiger partial charge in [-0.15, -0.1) is 0 Å². The summed E-state index contributed by atoms with van der Waals surface area (Å²) in [4.78, 5) is 27.2. The van der Waals surface area contributed by atoms with Crippen LogP contribution in [0.25, 0.3) is 0 Å². The third kappa shape index (κ3) is 8.42. The van der Waals surface area contributed by atoms with Gasteiger partial charge in [0.15, 0.2) is 12.2 Å². The molecule has 0 aliphatic heterocycles. The third-order valence-corrected chi connectivity index (χ3v) is 7.84. The van der Waals surface area contributed by atoms with Gasteiger partial charge in [0, 0.05) is 13.0 Å². The van der Waals surface area contributed by atoms with Gasteiger partial charge in [0.25, 0.3) is 11.8 Å². The second-order valence-electron chi connectivity index (χ2n) is 11.1. The van der Waals surface area contributed by atoms with Crippen LogP contribution in [0.15, 0.2) is 115 Å². The number of carbonyl (C=O) groups is 2. The van der Waals surface area contributed by atoms with Gasteiger partial charge in [-0.2, -0.15) is 0 Å². The monoisotopic (exact) mass is 610 g/mol.